The molecule has 1 aromatic rings. The molecule has 0 saturated carbocycles. The van der Waals surface area contributed by atoms with Crippen molar-refractivity contribution in [1.82, 2.24) is 30.4 Å². The molecular formula is C14H28N6. The van der Waals surface area contributed by atoms with Gasteiger partial charge in [-0.2, -0.15) is 4.80 Å². The third-order valence-electron chi connectivity index (χ3n) is 4.58. The molecule has 1 saturated heterocycles. The number of hydrogen-bond acceptors (Lipinski definition) is 5. The van der Waals surface area contributed by atoms with Crippen molar-refractivity contribution in [3.8, 4) is 0 Å². The van der Waals surface area contributed by atoms with E-state index in [-0.39, 0.29) is 11.0 Å². The fourth-order valence-electron chi connectivity index (χ4n) is 2.70. The maximum Gasteiger partial charge on any atom is 0.188 e. The Labute approximate surface area is 121 Å². The molecule has 1 aromatic heterocycles. The van der Waals surface area contributed by atoms with E-state index in [1.807, 2.05) is 7.05 Å². The average molecular weight is 280 g/mol. The van der Waals surface area contributed by atoms with Gasteiger partial charge in [0.2, 0.25) is 0 Å². The summed E-state index contributed by atoms with van der Waals surface area (Å²) >= 11 is 0. The summed E-state index contributed by atoms with van der Waals surface area (Å²) in [6.07, 6.45) is 1.11. The number of nitrogens with one attached hydrogen (secondary N) is 1. The van der Waals surface area contributed by atoms with Crippen LogP contribution in [0.3, 0.4) is 0 Å². The normalized spacial score (nSPS) is 28.8. The Bertz CT molecular complexity index is 449. The van der Waals surface area contributed by atoms with Gasteiger partial charge >= 0.3 is 0 Å². The van der Waals surface area contributed by atoms with Gasteiger partial charge in [-0.15, -0.1) is 10.2 Å². The molecule has 0 aromatic carbocycles. The topological polar surface area (TPSA) is 58.9 Å². The van der Waals surface area contributed by atoms with Crippen LogP contribution in [-0.2, 0) is 13.6 Å². The SMILES string of the molecule is CCC1(C)CNC(C(C)(C)C)CN1Cc1nnn(C)n1. The van der Waals surface area contributed by atoms with Crippen LogP contribution in [-0.4, -0.2) is 49.8 Å². The second-order valence-electron chi connectivity index (χ2n) is 7.23. The molecule has 0 radical (unpaired) electrons. The molecule has 2 unspecified atom stereocenters. The molecule has 1 N–H and O–H groups in total. The highest BCUT2D eigenvalue weighted by Crippen LogP contribution is 2.30. The molecule has 2 rings (SSSR count). The quantitative estimate of drug-likeness (QED) is 0.901. The van der Waals surface area contributed by atoms with Crippen molar-refractivity contribution in [2.75, 3.05) is 13.1 Å². The van der Waals surface area contributed by atoms with Gasteiger partial charge in [0.1, 0.15) is 0 Å². The summed E-state index contributed by atoms with van der Waals surface area (Å²) in [5, 5.41) is 16.1. The van der Waals surface area contributed by atoms with Crippen molar-refractivity contribution in [3.05, 3.63) is 5.82 Å². The zero-order valence-corrected chi connectivity index (χ0v) is 13.6. The van der Waals surface area contributed by atoms with Gasteiger partial charge in [-0.25, -0.2) is 0 Å². The van der Waals surface area contributed by atoms with E-state index in [1.165, 1.54) is 4.80 Å². The van der Waals surface area contributed by atoms with Gasteiger partial charge < -0.3 is 5.32 Å². The van der Waals surface area contributed by atoms with E-state index in [0.717, 1.165) is 31.9 Å². The molecule has 1 fully saturated rings. The monoisotopic (exact) mass is 280 g/mol. The number of aromatic nitrogens is 4. The molecular weight excluding hydrogens is 252 g/mol. The van der Waals surface area contributed by atoms with Crippen molar-refractivity contribution in [3.63, 3.8) is 0 Å². The highest BCUT2D eigenvalue weighted by molar-refractivity contribution is 4.99. The van der Waals surface area contributed by atoms with Gasteiger partial charge in [0.05, 0.1) is 13.6 Å². The third-order valence-corrected chi connectivity index (χ3v) is 4.58. The Balaban J connectivity index is 2.15. The first-order valence-corrected chi connectivity index (χ1v) is 7.46. The van der Waals surface area contributed by atoms with Crippen LogP contribution in [0.2, 0.25) is 0 Å². The Kier molecular flexibility index (Phi) is 4.16. The van der Waals surface area contributed by atoms with Gasteiger partial charge in [-0.05, 0) is 24.0 Å². The molecule has 20 heavy (non-hydrogen) atoms. The first kappa shape index (κ1) is 15.4. The maximum atomic E-state index is 4.32. The van der Waals surface area contributed by atoms with Crippen molar-refractivity contribution in [2.24, 2.45) is 12.5 Å². The summed E-state index contributed by atoms with van der Waals surface area (Å²) in [4.78, 5) is 4.04. The number of hydrogen-bond donors (Lipinski definition) is 1. The van der Waals surface area contributed by atoms with Crippen LogP contribution >= 0.6 is 0 Å². The lowest BCUT2D eigenvalue weighted by Crippen LogP contribution is -2.65. The summed E-state index contributed by atoms with van der Waals surface area (Å²) in [6.45, 7) is 14.2. The molecule has 1 aliphatic heterocycles. The van der Waals surface area contributed by atoms with Gasteiger partial charge in [0.15, 0.2) is 5.82 Å². The van der Waals surface area contributed by atoms with Crippen molar-refractivity contribution in [1.29, 1.82) is 0 Å². The Morgan fingerprint density at radius 1 is 1.40 bits per heavy atom. The van der Waals surface area contributed by atoms with E-state index in [9.17, 15) is 0 Å². The molecule has 0 bridgehead atoms. The lowest BCUT2D eigenvalue weighted by atomic mass is 9.81. The number of aryl methyl sites for hydroxylation is 1. The molecule has 6 heteroatoms. The van der Waals surface area contributed by atoms with Gasteiger partial charge in [0, 0.05) is 24.7 Å². The number of rotatable bonds is 3. The largest absolute Gasteiger partial charge is 0.310 e. The van der Waals surface area contributed by atoms with Crippen LogP contribution in [0.1, 0.15) is 46.9 Å². The van der Waals surface area contributed by atoms with Gasteiger partial charge in [0.25, 0.3) is 0 Å². The minimum Gasteiger partial charge on any atom is -0.310 e. The maximum absolute atomic E-state index is 4.32. The first-order valence-electron chi connectivity index (χ1n) is 7.46. The summed E-state index contributed by atoms with van der Waals surface area (Å²) in [7, 11) is 1.81. The second-order valence-corrected chi connectivity index (χ2v) is 7.23. The number of nitrogens with zero attached hydrogens (tertiary/aromatic N) is 5. The molecule has 2 atom stereocenters. The van der Waals surface area contributed by atoms with Crippen LogP contribution in [0.5, 0.6) is 0 Å². The zero-order chi connectivity index (χ0) is 15.0. The zero-order valence-electron chi connectivity index (χ0n) is 13.6. The second kappa shape index (κ2) is 5.41. The van der Waals surface area contributed by atoms with Crippen LogP contribution in [0, 0.1) is 5.41 Å². The fraction of sp³-hybridized carbons (Fsp3) is 0.929. The lowest BCUT2D eigenvalue weighted by molar-refractivity contribution is 0.0139. The van der Waals surface area contributed by atoms with E-state index in [0.29, 0.717) is 6.04 Å². The highest BCUT2D eigenvalue weighted by Gasteiger charge is 2.40. The minimum absolute atomic E-state index is 0.154. The number of tetrazole rings is 1. The molecule has 0 amide bonds. The Hall–Kier alpha value is -1.01. The van der Waals surface area contributed by atoms with E-state index in [1.54, 1.807) is 0 Å². The molecule has 6 nitrogen and oxygen atoms in total. The predicted octanol–water partition coefficient (Wildman–Crippen LogP) is 1.20. The van der Waals surface area contributed by atoms with Crippen molar-refractivity contribution >= 4 is 0 Å². The summed E-state index contributed by atoms with van der Waals surface area (Å²) in [6, 6.07) is 0.485. The fourth-order valence-corrected chi connectivity index (χ4v) is 2.70. The third kappa shape index (κ3) is 3.17. The molecule has 2 heterocycles. The van der Waals surface area contributed by atoms with E-state index in [4.69, 9.17) is 0 Å². The van der Waals surface area contributed by atoms with Crippen LogP contribution in [0.4, 0.5) is 0 Å². The molecule has 1 aliphatic rings. The van der Waals surface area contributed by atoms with E-state index in [2.05, 4.69) is 60.2 Å². The van der Waals surface area contributed by atoms with Gasteiger partial charge in [-0.3, -0.25) is 4.90 Å². The van der Waals surface area contributed by atoms with E-state index >= 15 is 0 Å². The van der Waals surface area contributed by atoms with Crippen LogP contribution in [0.15, 0.2) is 0 Å². The Morgan fingerprint density at radius 3 is 2.60 bits per heavy atom. The Morgan fingerprint density at radius 2 is 2.10 bits per heavy atom. The molecule has 0 spiro atoms. The van der Waals surface area contributed by atoms with E-state index < -0.39 is 0 Å². The molecule has 0 aliphatic carbocycles. The highest BCUT2D eigenvalue weighted by atomic mass is 15.6. The first-order chi connectivity index (χ1) is 9.24. The van der Waals surface area contributed by atoms with Crippen molar-refractivity contribution < 1.29 is 0 Å². The summed E-state index contributed by atoms with van der Waals surface area (Å²) in [5.41, 5.74) is 0.407. The van der Waals surface area contributed by atoms with Crippen LogP contribution in [0.25, 0.3) is 0 Å². The lowest BCUT2D eigenvalue weighted by Gasteiger charge is -2.50. The standard InChI is InChI=1S/C14H28N6/c1-7-14(5)10-15-11(13(2,3)4)8-20(14)9-12-16-18-19(6)17-12/h11,15H,7-10H2,1-6H3. The summed E-state index contributed by atoms with van der Waals surface area (Å²) in [5.74, 6) is 0.807. The smallest absolute Gasteiger partial charge is 0.188 e. The number of piperazine rings is 1. The van der Waals surface area contributed by atoms with Crippen LogP contribution < -0.4 is 5.32 Å². The van der Waals surface area contributed by atoms with Gasteiger partial charge in [-0.1, -0.05) is 27.7 Å². The molecule has 114 valence electrons. The predicted molar refractivity (Wildman–Crippen MR) is 79.1 cm³/mol. The minimum atomic E-state index is 0.154. The average Bonchev–Trinajstić information content (AvgIpc) is 2.76. The van der Waals surface area contributed by atoms with Crippen molar-refractivity contribution in [2.45, 2.75) is 59.2 Å². The summed E-state index contributed by atoms with van der Waals surface area (Å²) < 4.78 is 0.